The van der Waals surface area contributed by atoms with Gasteiger partial charge in [0.2, 0.25) is 0 Å². The van der Waals surface area contributed by atoms with Gasteiger partial charge in [0.05, 0.1) is 12.7 Å². The molecule has 1 aliphatic heterocycles. The second-order valence-electron chi connectivity index (χ2n) is 7.66. The van der Waals surface area contributed by atoms with Crippen molar-refractivity contribution in [2.45, 2.75) is 39.0 Å². The summed E-state index contributed by atoms with van der Waals surface area (Å²) in [6.07, 6.45) is 2.40. The molecule has 2 N–H and O–H groups in total. The van der Waals surface area contributed by atoms with Gasteiger partial charge in [-0.15, -0.1) is 0 Å². The Balaban J connectivity index is 1.52. The van der Waals surface area contributed by atoms with E-state index in [0.29, 0.717) is 12.5 Å². The Bertz CT molecular complexity index is 772. The fourth-order valence-corrected chi connectivity index (χ4v) is 3.73. The van der Waals surface area contributed by atoms with E-state index in [1.54, 1.807) is 7.11 Å². The van der Waals surface area contributed by atoms with Crippen molar-refractivity contribution < 1.29 is 9.47 Å². The number of methoxy groups -OCH3 is 1. The van der Waals surface area contributed by atoms with Gasteiger partial charge in [0.15, 0.2) is 5.96 Å². The van der Waals surface area contributed by atoms with Crippen molar-refractivity contribution in [3.8, 4) is 0 Å². The monoisotopic (exact) mass is 395 g/mol. The van der Waals surface area contributed by atoms with E-state index < -0.39 is 0 Å². The molecule has 0 radical (unpaired) electrons. The molecule has 1 heterocycles. The predicted octanol–water partition coefficient (Wildman–Crippen LogP) is 3.97. The first-order valence-corrected chi connectivity index (χ1v) is 10.4. The summed E-state index contributed by atoms with van der Waals surface area (Å²) in [6.45, 7) is 5.16. The normalized spacial score (nSPS) is 19.8. The molecule has 1 saturated heterocycles. The standard InChI is InChI=1S/C24H33N3O2/c1-18-6-12-21(13-7-18)23-22(5-4-14-29-23)16-27-24(25-2)26-15-19-8-10-20(11-9-19)17-28-3/h6-13,22-23H,4-5,14-17H2,1-3H3,(H2,25,26,27). The van der Waals surface area contributed by atoms with Crippen molar-refractivity contribution in [3.05, 3.63) is 70.8 Å². The Labute approximate surface area is 174 Å². The van der Waals surface area contributed by atoms with Crippen LogP contribution in [0.2, 0.25) is 0 Å². The Morgan fingerprint density at radius 2 is 1.79 bits per heavy atom. The summed E-state index contributed by atoms with van der Waals surface area (Å²) in [5, 5.41) is 6.90. The fourth-order valence-electron chi connectivity index (χ4n) is 3.73. The van der Waals surface area contributed by atoms with Gasteiger partial charge in [-0.05, 0) is 36.5 Å². The zero-order valence-corrected chi connectivity index (χ0v) is 17.8. The Hall–Kier alpha value is -2.37. The Morgan fingerprint density at radius 3 is 2.48 bits per heavy atom. The van der Waals surface area contributed by atoms with Crippen molar-refractivity contribution in [1.29, 1.82) is 0 Å². The number of aryl methyl sites for hydroxylation is 1. The number of aliphatic imine (C=N–C) groups is 1. The van der Waals surface area contributed by atoms with Crippen LogP contribution in [0.15, 0.2) is 53.5 Å². The maximum absolute atomic E-state index is 6.13. The van der Waals surface area contributed by atoms with Gasteiger partial charge >= 0.3 is 0 Å². The highest BCUT2D eigenvalue weighted by molar-refractivity contribution is 5.79. The maximum Gasteiger partial charge on any atom is 0.191 e. The zero-order valence-electron chi connectivity index (χ0n) is 17.8. The smallest absolute Gasteiger partial charge is 0.191 e. The van der Waals surface area contributed by atoms with Crippen LogP contribution in [0.25, 0.3) is 0 Å². The van der Waals surface area contributed by atoms with Crippen molar-refractivity contribution in [2.24, 2.45) is 10.9 Å². The van der Waals surface area contributed by atoms with E-state index in [9.17, 15) is 0 Å². The number of ether oxygens (including phenoxy) is 2. The summed E-state index contributed by atoms with van der Waals surface area (Å²) in [7, 11) is 3.53. The van der Waals surface area contributed by atoms with Crippen molar-refractivity contribution in [1.82, 2.24) is 10.6 Å². The van der Waals surface area contributed by atoms with Crippen molar-refractivity contribution >= 4 is 5.96 Å². The summed E-state index contributed by atoms with van der Waals surface area (Å²) in [5.41, 5.74) is 4.94. The molecule has 5 heteroatoms. The second kappa shape index (κ2) is 11.0. The largest absolute Gasteiger partial charge is 0.380 e. The minimum Gasteiger partial charge on any atom is -0.380 e. The van der Waals surface area contributed by atoms with Gasteiger partial charge in [0.25, 0.3) is 0 Å². The number of hydrogen-bond acceptors (Lipinski definition) is 3. The first-order chi connectivity index (χ1) is 14.2. The zero-order chi connectivity index (χ0) is 20.5. The van der Waals surface area contributed by atoms with Crippen LogP contribution in [-0.2, 0) is 22.6 Å². The molecule has 2 aromatic rings. The van der Waals surface area contributed by atoms with E-state index in [0.717, 1.165) is 38.5 Å². The number of nitrogens with one attached hydrogen (secondary N) is 2. The molecule has 0 amide bonds. The minimum atomic E-state index is 0.142. The third-order valence-electron chi connectivity index (χ3n) is 5.40. The summed E-state index contributed by atoms with van der Waals surface area (Å²) in [5.74, 6) is 1.25. The number of hydrogen-bond donors (Lipinski definition) is 2. The third kappa shape index (κ3) is 6.31. The number of guanidine groups is 1. The van der Waals surface area contributed by atoms with Crippen LogP contribution in [0.5, 0.6) is 0 Å². The highest BCUT2D eigenvalue weighted by atomic mass is 16.5. The van der Waals surface area contributed by atoms with Gasteiger partial charge in [0, 0.05) is 39.8 Å². The molecule has 1 fully saturated rings. The van der Waals surface area contributed by atoms with Crippen LogP contribution in [0.3, 0.4) is 0 Å². The third-order valence-corrected chi connectivity index (χ3v) is 5.40. The van der Waals surface area contributed by atoms with Crippen molar-refractivity contribution in [3.63, 3.8) is 0 Å². The maximum atomic E-state index is 6.13. The summed E-state index contributed by atoms with van der Waals surface area (Å²) < 4.78 is 11.3. The van der Waals surface area contributed by atoms with Crippen LogP contribution in [-0.4, -0.2) is 33.3 Å². The molecule has 0 aliphatic carbocycles. The van der Waals surface area contributed by atoms with E-state index in [4.69, 9.17) is 9.47 Å². The molecule has 1 aliphatic rings. The molecule has 0 spiro atoms. The van der Waals surface area contributed by atoms with E-state index >= 15 is 0 Å². The minimum absolute atomic E-state index is 0.142. The van der Waals surface area contributed by atoms with Crippen LogP contribution < -0.4 is 10.6 Å². The molecule has 2 aromatic carbocycles. The van der Waals surface area contributed by atoms with Crippen LogP contribution >= 0.6 is 0 Å². The van der Waals surface area contributed by atoms with Crippen molar-refractivity contribution in [2.75, 3.05) is 27.3 Å². The Kier molecular flexibility index (Phi) is 8.08. The van der Waals surface area contributed by atoms with E-state index in [-0.39, 0.29) is 6.10 Å². The molecule has 2 unspecified atom stereocenters. The molecule has 2 atom stereocenters. The lowest BCUT2D eigenvalue weighted by molar-refractivity contribution is -0.0265. The van der Waals surface area contributed by atoms with Crippen LogP contribution in [0, 0.1) is 12.8 Å². The van der Waals surface area contributed by atoms with Gasteiger partial charge in [-0.3, -0.25) is 4.99 Å². The molecular weight excluding hydrogens is 362 g/mol. The SMILES string of the molecule is CN=C(NCc1ccc(COC)cc1)NCC1CCCOC1c1ccc(C)cc1. The summed E-state index contributed by atoms with van der Waals surface area (Å²) >= 11 is 0. The van der Waals surface area contributed by atoms with Gasteiger partial charge in [-0.25, -0.2) is 0 Å². The lowest BCUT2D eigenvalue weighted by atomic mass is 9.89. The highest BCUT2D eigenvalue weighted by Gasteiger charge is 2.27. The lowest BCUT2D eigenvalue weighted by Crippen LogP contribution is -2.41. The quantitative estimate of drug-likeness (QED) is 0.550. The van der Waals surface area contributed by atoms with E-state index in [1.165, 1.54) is 22.3 Å². The molecule has 3 rings (SSSR count). The predicted molar refractivity (Wildman–Crippen MR) is 118 cm³/mol. The lowest BCUT2D eigenvalue weighted by Gasteiger charge is -2.32. The highest BCUT2D eigenvalue weighted by Crippen LogP contribution is 2.33. The Morgan fingerprint density at radius 1 is 1.07 bits per heavy atom. The number of rotatable bonds is 7. The van der Waals surface area contributed by atoms with Gasteiger partial charge in [-0.1, -0.05) is 54.1 Å². The molecular formula is C24H33N3O2. The fraction of sp³-hybridized carbons (Fsp3) is 0.458. The molecule has 0 saturated carbocycles. The topological polar surface area (TPSA) is 54.9 Å². The van der Waals surface area contributed by atoms with Gasteiger partial charge < -0.3 is 20.1 Å². The first-order valence-electron chi connectivity index (χ1n) is 10.4. The average Bonchev–Trinajstić information content (AvgIpc) is 2.76. The number of benzene rings is 2. The van der Waals surface area contributed by atoms with Crippen LogP contribution in [0.4, 0.5) is 0 Å². The molecule has 5 nitrogen and oxygen atoms in total. The molecule has 0 aromatic heterocycles. The molecule has 0 bridgehead atoms. The van der Waals surface area contributed by atoms with Crippen LogP contribution in [0.1, 0.15) is 41.2 Å². The molecule has 156 valence electrons. The molecule has 29 heavy (non-hydrogen) atoms. The number of nitrogens with zero attached hydrogens (tertiary/aromatic N) is 1. The summed E-state index contributed by atoms with van der Waals surface area (Å²) in [6, 6.07) is 17.2. The average molecular weight is 396 g/mol. The van der Waals surface area contributed by atoms with E-state index in [1.807, 2.05) is 7.05 Å². The van der Waals surface area contributed by atoms with Gasteiger partial charge in [0.1, 0.15) is 0 Å². The first kappa shape index (κ1) is 21.3. The van der Waals surface area contributed by atoms with Gasteiger partial charge in [-0.2, -0.15) is 0 Å². The second-order valence-corrected chi connectivity index (χ2v) is 7.66. The summed E-state index contributed by atoms with van der Waals surface area (Å²) in [4.78, 5) is 4.38. The van der Waals surface area contributed by atoms with E-state index in [2.05, 4.69) is 71.1 Å².